The zero-order chi connectivity index (χ0) is 15.9. The quantitative estimate of drug-likeness (QED) is 0.643. The summed E-state index contributed by atoms with van der Waals surface area (Å²) in [5.41, 5.74) is 1.19. The number of hydrogen-bond donors (Lipinski definition) is 2. The van der Waals surface area contributed by atoms with Crippen LogP contribution in [0.5, 0.6) is 5.75 Å². The Morgan fingerprint density at radius 3 is 3.00 bits per heavy atom. The highest BCUT2D eigenvalue weighted by Crippen LogP contribution is 2.14. The van der Waals surface area contributed by atoms with Crippen LogP contribution in [0.1, 0.15) is 25.8 Å². The van der Waals surface area contributed by atoms with Gasteiger partial charge in [0.25, 0.3) is 0 Å². The first-order valence-corrected chi connectivity index (χ1v) is 8.03. The number of nitrogens with zero attached hydrogens (tertiary/aromatic N) is 2. The van der Waals surface area contributed by atoms with E-state index in [4.69, 9.17) is 4.74 Å². The second kappa shape index (κ2) is 8.03. The van der Waals surface area contributed by atoms with Gasteiger partial charge in [-0.2, -0.15) is 0 Å². The molecule has 2 N–H and O–H groups in total. The van der Waals surface area contributed by atoms with Crippen LogP contribution in [0.15, 0.2) is 29.3 Å². The zero-order valence-corrected chi connectivity index (χ0v) is 13.7. The van der Waals surface area contributed by atoms with Gasteiger partial charge in [0, 0.05) is 19.6 Å². The van der Waals surface area contributed by atoms with Gasteiger partial charge in [-0.1, -0.05) is 12.1 Å². The van der Waals surface area contributed by atoms with Crippen molar-refractivity contribution in [2.45, 2.75) is 39.4 Å². The van der Waals surface area contributed by atoms with Gasteiger partial charge in [0.05, 0.1) is 12.6 Å². The van der Waals surface area contributed by atoms with Crippen molar-refractivity contribution in [1.82, 2.24) is 10.2 Å². The molecular weight excluding hydrogens is 278 g/mol. The van der Waals surface area contributed by atoms with Gasteiger partial charge in [-0.05, 0) is 44.9 Å². The lowest BCUT2D eigenvalue weighted by Crippen LogP contribution is -2.41. The summed E-state index contributed by atoms with van der Waals surface area (Å²) < 4.78 is 5.90. The number of β-amino-alcohol motifs (C(OH)–C–C–N with tert-alkyl or cyclic N) is 1. The second-order valence-corrected chi connectivity index (χ2v) is 5.83. The first-order valence-electron chi connectivity index (χ1n) is 8.03. The lowest BCUT2D eigenvalue weighted by Gasteiger charge is -2.22. The Labute approximate surface area is 133 Å². The molecule has 1 aromatic carbocycles. The van der Waals surface area contributed by atoms with E-state index in [2.05, 4.69) is 35.1 Å². The number of likely N-dealkylation sites (tertiary alicyclic amines) is 1. The summed E-state index contributed by atoms with van der Waals surface area (Å²) in [4.78, 5) is 6.75. The van der Waals surface area contributed by atoms with Crippen LogP contribution in [0.2, 0.25) is 0 Å². The number of nitrogens with one attached hydrogen (secondary N) is 1. The minimum atomic E-state index is -0.246. The van der Waals surface area contributed by atoms with Crippen molar-refractivity contribution in [3.05, 3.63) is 29.8 Å². The van der Waals surface area contributed by atoms with Crippen molar-refractivity contribution in [2.24, 2.45) is 4.99 Å². The molecule has 2 rings (SSSR count). The molecular formula is C17H27N3O2. The van der Waals surface area contributed by atoms with Gasteiger partial charge in [0.2, 0.25) is 0 Å². The average Bonchev–Trinajstić information content (AvgIpc) is 2.90. The number of aliphatic hydroxyl groups excluding tert-OH is 1. The maximum atomic E-state index is 9.67. The van der Waals surface area contributed by atoms with E-state index in [1.165, 1.54) is 5.56 Å². The molecule has 2 atom stereocenters. The van der Waals surface area contributed by atoms with Gasteiger partial charge in [0.15, 0.2) is 5.96 Å². The van der Waals surface area contributed by atoms with E-state index in [9.17, 15) is 5.11 Å². The highest BCUT2D eigenvalue weighted by atomic mass is 16.5. The molecule has 0 spiro atoms. The van der Waals surface area contributed by atoms with Crippen molar-refractivity contribution in [2.75, 3.05) is 26.2 Å². The molecule has 122 valence electrons. The van der Waals surface area contributed by atoms with Crippen LogP contribution in [-0.4, -0.2) is 54.4 Å². The SMILES string of the molecule is CCNC(=NCC(C)Oc1cccc(C)c1)N1CC[C@@H](O)C1. The fraction of sp³-hybridized carbons (Fsp3) is 0.588. The molecule has 0 radical (unpaired) electrons. The van der Waals surface area contributed by atoms with Crippen LogP contribution >= 0.6 is 0 Å². The summed E-state index contributed by atoms with van der Waals surface area (Å²) in [5.74, 6) is 1.74. The number of rotatable bonds is 5. The van der Waals surface area contributed by atoms with Gasteiger partial charge in [-0.3, -0.25) is 0 Å². The van der Waals surface area contributed by atoms with Gasteiger partial charge in [0.1, 0.15) is 11.9 Å². The third kappa shape index (κ3) is 4.91. The van der Waals surface area contributed by atoms with Crippen molar-refractivity contribution in [1.29, 1.82) is 0 Å². The lowest BCUT2D eigenvalue weighted by atomic mass is 10.2. The molecule has 0 aromatic heterocycles. The summed E-state index contributed by atoms with van der Waals surface area (Å²) in [6, 6.07) is 8.05. The molecule has 0 bridgehead atoms. The number of hydrogen-bond acceptors (Lipinski definition) is 3. The Hall–Kier alpha value is -1.75. The van der Waals surface area contributed by atoms with E-state index in [0.29, 0.717) is 13.1 Å². The molecule has 1 heterocycles. The van der Waals surface area contributed by atoms with Gasteiger partial charge in [-0.25, -0.2) is 4.99 Å². The minimum Gasteiger partial charge on any atom is -0.489 e. The number of guanidine groups is 1. The number of aliphatic hydroxyl groups is 1. The lowest BCUT2D eigenvalue weighted by molar-refractivity contribution is 0.187. The Bertz CT molecular complexity index is 504. The third-order valence-electron chi connectivity index (χ3n) is 3.62. The summed E-state index contributed by atoms with van der Waals surface area (Å²) in [5, 5.41) is 12.9. The predicted octanol–water partition coefficient (Wildman–Crippen LogP) is 1.79. The monoisotopic (exact) mass is 305 g/mol. The smallest absolute Gasteiger partial charge is 0.194 e. The minimum absolute atomic E-state index is 0.00276. The summed E-state index contributed by atoms with van der Waals surface area (Å²) in [7, 11) is 0. The molecule has 5 heteroatoms. The Kier molecular flexibility index (Phi) is 6.07. The van der Waals surface area contributed by atoms with Crippen molar-refractivity contribution < 1.29 is 9.84 Å². The van der Waals surface area contributed by atoms with E-state index in [0.717, 1.165) is 31.2 Å². The van der Waals surface area contributed by atoms with Gasteiger partial charge >= 0.3 is 0 Å². The number of ether oxygens (including phenoxy) is 1. The largest absolute Gasteiger partial charge is 0.489 e. The molecule has 0 aliphatic carbocycles. The molecule has 1 aliphatic heterocycles. The summed E-state index contributed by atoms with van der Waals surface area (Å²) in [6.07, 6.45) is 0.563. The van der Waals surface area contributed by atoms with Crippen LogP contribution in [0.4, 0.5) is 0 Å². The fourth-order valence-corrected chi connectivity index (χ4v) is 2.53. The third-order valence-corrected chi connectivity index (χ3v) is 3.62. The molecule has 1 fully saturated rings. The number of aliphatic imine (C=N–C) groups is 1. The molecule has 5 nitrogen and oxygen atoms in total. The van der Waals surface area contributed by atoms with E-state index < -0.39 is 0 Å². The molecule has 1 aliphatic rings. The molecule has 1 saturated heterocycles. The van der Waals surface area contributed by atoms with E-state index >= 15 is 0 Å². The first-order chi connectivity index (χ1) is 10.6. The van der Waals surface area contributed by atoms with E-state index in [-0.39, 0.29) is 12.2 Å². The number of aryl methyl sites for hydroxylation is 1. The Morgan fingerprint density at radius 2 is 2.36 bits per heavy atom. The highest BCUT2D eigenvalue weighted by Gasteiger charge is 2.22. The maximum Gasteiger partial charge on any atom is 0.194 e. The van der Waals surface area contributed by atoms with Crippen molar-refractivity contribution in [3.8, 4) is 5.75 Å². The first kappa shape index (κ1) is 16.6. The van der Waals surface area contributed by atoms with Gasteiger partial charge in [-0.15, -0.1) is 0 Å². The zero-order valence-electron chi connectivity index (χ0n) is 13.7. The summed E-state index contributed by atoms with van der Waals surface area (Å²) in [6.45, 7) is 9.03. The number of benzene rings is 1. The van der Waals surface area contributed by atoms with E-state index in [1.807, 2.05) is 25.1 Å². The van der Waals surface area contributed by atoms with Crippen LogP contribution in [-0.2, 0) is 0 Å². The molecule has 0 saturated carbocycles. The molecule has 1 aromatic rings. The normalized spacial score (nSPS) is 20.1. The molecule has 0 amide bonds. The van der Waals surface area contributed by atoms with Crippen LogP contribution in [0, 0.1) is 6.92 Å². The maximum absolute atomic E-state index is 9.67. The summed E-state index contributed by atoms with van der Waals surface area (Å²) >= 11 is 0. The van der Waals surface area contributed by atoms with Crippen molar-refractivity contribution in [3.63, 3.8) is 0 Å². The van der Waals surface area contributed by atoms with Crippen LogP contribution in [0.25, 0.3) is 0 Å². The highest BCUT2D eigenvalue weighted by molar-refractivity contribution is 5.80. The van der Waals surface area contributed by atoms with Crippen LogP contribution in [0.3, 0.4) is 0 Å². The predicted molar refractivity (Wildman–Crippen MR) is 89.4 cm³/mol. The van der Waals surface area contributed by atoms with Crippen LogP contribution < -0.4 is 10.1 Å². The average molecular weight is 305 g/mol. The van der Waals surface area contributed by atoms with E-state index in [1.54, 1.807) is 0 Å². The standard InChI is InChI=1S/C17H27N3O2/c1-4-18-17(20-9-8-15(21)12-20)19-11-14(3)22-16-7-5-6-13(2)10-16/h5-7,10,14-15,21H,4,8-9,11-12H2,1-3H3,(H,18,19)/t14?,15-/m1/s1. The topological polar surface area (TPSA) is 57.1 Å². The van der Waals surface area contributed by atoms with Gasteiger partial charge < -0.3 is 20.1 Å². The molecule has 22 heavy (non-hydrogen) atoms. The fourth-order valence-electron chi connectivity index (χ4n) is 2.53. The Morgan fingerprint density at radius 1 is 1.55 bits per heavy atom. The Balaban J connectivity index is 1.91. The second-order valence-electron chi connectivity index (χ2n) is 5.83. The van der Waals surface area contributed by atoms with Crippen molar-refractivity contribution >= 4 is 5.96 Å². The molecule has 1 unspecified atom stereocenters.